The van der Waals surface area contributed by atoms with Gasteiger partial charge in [0, 0.05) is 24.0 Å². The number of rotatable bonds is 13. The molecule has 1 N–H and O–H groups in total. The minimum atomic E-state index is -3.79. The second-order valence-corrected chi connectivity index (χ2v) is 12.4. The van der Waals surface area contributed by atoms with Crippen molar-refractivity contribution in [2.45, 2.75) is 45.7 Å². The molecule has 2 amide bonds. The third kappa shape index (κ3) is 9.21. The van der Waals surface area contributed by atoms with Gasteiger partial charge in [0.2, 0.25) is 21.8 Å². The first-order valence-corrected chi connectivity index (χ1v) is 15.6. The fraction of sp³-hybridized carbons (Fsp3) is 0.333. The van der Waals surface area contributed by atoms with E-state index < -0.39 is 28.5 Å². The molecule has 0 radical (unpaired) electrons. The Labute approximate surface area is 240 Å². The Bertz CT molecular complexity index is 1330. The van der Waals surface area contributed by atoms with Crippen LogP contribution in [0.2, 0.25) is 0 Å². The van der Waals surface area contributed by atoms with Crippen LogP contribution in [0.25, 0.3) is 0 Å². The van der Waals surface area contributed by atoms with Gasteiger partial charge in [0.25, 0.3) is 0 Å². The highest BCUT2D eigenvalue weighted by molar-refractivity contribution is 9.10. The number of carbonyl (C=O) groups excluding carboxylic acids is 2. The number of nitrogens with zero attached hydrogens (tertiary/aromatic N) is 2. The predicted molar refractivity (Wildman–Crippen MR) is 160 cm³/mol. The first-order chi connectivity index (χ1) is 18.6. The van der Waals surface area contributed by atoms with Gasteiger partial charge in [-0.15, -0.1) is 0 Å². The molecule has 0 bridgehead atoms. The molecule has 208 valence electrons. The van der Waals surface area contributed by atoms with Gasteiger partial charge in [-0.25, -0.2) is 8.42 Å². The molecule has 7 nitrogen and oxygen atoms in total. The van der Waals surface area contributed by atoms with E-state index in [-0.39, 0.29) is 12.5 Å². The molecular formula is C30H36BrN3O4S. The van der Waals surface area contributed by atoms with Crippen LogP contribution >= 0.6 is 15.9 Å². The molecule has 0 aliphatic rings. The highest BCUT2D eigenvalue weighted by Crippen LogP contribution is 2.22. The van der Waals surface area contributed by atoms with E-state index in [0.717, 1.165) is 44.6 Å². The number of hydrogen-bond acceptors (Lipinski definition) is 4. The van der Waals surface area contributed by atoms with Gasteiger partial charge in [0.15, 0.2) is 0 Å². The van der Waals surface area contributed by atoms with E-state index in [4.69, 9.17) is 0 Å². The number of nitrogens with one attached hydrogen (secondary N) is 1. The van der Waals surface area contributed by atoms with Crippen molar-refractivity contribution in [2.75, 3.05) is 23.7 Å². The molecule has 0 saturated carbocycles. The molecule has 39 heavy (non-hydrogen) atoms. The summed E-state index contributed by atoms with van der Waals surface area (Å²) in [5.41, 5.74) is 3.20. The summed E-state index contributed by atoms with van der Waals surface area (Å²) in [5.74, 6) is -0.724. The maximum atomic E-state index is 14.0. The van der Waals surface area contributed by atoms with Crippen LogP contribution in [0, 0.1) is 6.92 Å². The molecule has 3 rings (SSSR count). The molecule has 3 aromatic carbocycles. The zero-order chi connectivity index (χ0) is 28.4. The normalized spacial score (nSPS) is 12.0. The predicted octanol–water partition coefficient (Wildman–Crippen LogP) is 5.08. The van der Waals surface area contributed by atoms with E-state index in [2.05, 4.69) is 21.2 Å². The highest BCUT2D eigenvalue weighted by atomic mass is 79.9. The Kier molecular flexibility index (Phi) is 11.1. The van der Waals surface area contributed by atoms with Gasteiger partial charge in [-0.3, -0.25) is 13.9 Å². The van der Waals surface area contributed by atoms with Crippen LogP contribution in [0.3, 0.4) is 0 Å². The number of aryl methyl sites for hydroxylation is 1. The van der Waals surface area contributed by atoms with Crippen LogP contribution in [-0.4, -0.2) is 50.5 Å². The molecule has 9 heteroatoms. The lowest BCUT2D eigenvalue weighted by atomic mass is 10.0. The van der Waals surface area contributed by atoms with Gasteiger partial charge in [0.05, 0.1) is 11.9 Å². The Hall–Kier alpha value is -3.17. The highest BCUT2D eigenvalue weighted by Gasteiger charge is 2.32. The van der Waals surface area contributed by atoms with Crippen molar-refractivity contribution in [2.24, 2.45) is 0 Å². The van der Waals surface area contributed by atoms with E-state index >= 15 is 0 Å². The van der Waals surface area contributed by atoms with Crippen LogP contribution in [0.1, 0.15) is 36.5 Å². The summed E-state index contributed by atoms with van der Waals surface area (Å²) in [4.78, 5) is 29.1. The van der Waals surface area contributed by atoms with Crippen molar-refractivity contribution >= 4 is 43.5 Å². The van der Waals surface area contributed by atoms with E-state index in [1.165, 1.54) is 4.90 Å². The van der Waals surface area contributed by atoms with Crippen molar-refractivity contribution in [3.8, 4) is 0 Å². The Morgan fingerprint density at radius 2 is 1.56 bits per heavy atom. The second kappa shape index (κ2) is 14.3. The molecule has 0 aliphatic heterocycles. The van der Waals surface area contributed by atoms with E-state index in [0.29, 0.717) is 18.7 Å². The first-order valence-electron chi connectivity index (χ1n) is 13.0. The van der Waals surface area contributed by atoms with Gasteiger partial charge >= 0.3 is 0 Å². The van der Waals surface area contributed by atoms with E-state index in [9.17, 15) is 18.0 Å². The second-order valence-electron chi connectivity index (χ2n) is 9.60. The summed E-state index contributed by atoms with van der Waals surface area (Å²) >= 11 is 3.37. The standard InChI is InChI=1S/C30H36BrN3O4S/c1-4-5-19-32-30(36)28(20-24-9-7-6-8-10-24)33(21-25-13-11-23(2)12-14-25)29(35)22-34(39(3,37)38)27-17-15-26(31)16-18-27/h6-18,28H,4-5,19-22H2,1-3H3,(H,32,36)/t28-/m0/s1. The number of anilines is 1. The topological polar surface area (TPSA) is 86.8 Å². The summed E-state index contributed by atoms with van der Waals surface area (Å²) in [6, 6.07) is 23.2. The monoisotopic (exact) mass is 613 g/mol. The maximum absolute atomic E-state index is 14.0. The summed E-state index contributed by atoms with van der Waals surface area (Å²) < 4.78 is 27.5. The Morgan fingerprint density at radius 3 is 2.15 bits per heavy atom. The van der Waals surface area contributed by atoms with E-state index in [1.54, 1.807) is 24.3 Å². The van der Waals surface area contributed by atoms with Crippen LogP contribution in [0.4, 0.5) is 5.69 Å². The van der Waals surface area contributed by atoms with Crippen LogP contribution in [0.15, 0.2) is 83.3 Å². The molecular weight excluding hydrogens is 578 g/mol. The fourth-order valence-electron chi connectivity index (χ4n) is 4.17. The average molecular weight is 615 g/mol. The SMILES string of the molecule is CCCCNC(=O)[C@H](Cc1ccccc1)N(Cc1ccc(C)cc1)C(=O)CN(c1ccc(Br)cc1)S(C)(=O)=O. The van der Waals surface area contributed by atoms with Gasteiger partial charge in [-0.1, -0.05) is 89.4 Å². The third-order valence-corrected chi connectivity index (χ3v) is 8.04. The Morgan fingerprint density at radius 1 is 0.923 bits per heavy atom. The summed E-state index contributed by atoms with van der Waals surface area (Å²) in [6.45, 7) is 4.26. The molecule has 3 aromatic rings. The van der Waals surface area contributed by atoms with Crippen LogP contribution in [-0.2, 0) is 32.6 Å². The lowest BCUT2D eigenvalue weighted by Crippen LogP contribution is -2.53. The van der Waals surface area contributed by atoms with Crippen molar-refractivity contribution in [1.82, 2.24) is 10.2 Å². The van der Waals surface area contributed by atoms with Gasteiger partial charge in [-0.2, -0.15) is 0 Å². The minimum absolute atomic E-state index is 0.162. The smallest absolute Gasteiger partial charge is 0.244 e. The van der Waals surface area contributed by atoms with Gasteiger partial charge in [0.1, 0.15) is 12.6 Å². The van der Waals surface area contributed by atoms with Crippen molar-refractivity contribution < 1.29 is 18.0 Å². The average Bonchev–Trinajstić information content (AvgIpc) is 2.91. The quantitative estimate of drug-likeness (QED) is 0.272. The minimum Gasteiger partial charge on any atom is -0.354 e. The molecule has 0 spiro atoms. The molecule has 0 aromatic heterocycles. The zero-order valence-electron chi connectivity index (χ0n) is 22.6. The summed E-state index contributed by atoms with van der Waals surface area (Å²) in [7, 11) is -3.79. The van der Waals surface area contributed by atoms with Gasteiger partial charge in [-0.05, 0) is 48.7 Å². The molecule has 0 unspecified atom stereocenters. The number of carbonyl (C=O) groups is 2. The number of halogens is 1. The lowest BCUT2D eigenvalue weighted by Gasteiger charge is -2.33. The maximum Gasteiger partial charge on any atom is 0.244 e. The number of sulfonamides is 1. The number of hydrogen-bond donors (Lipinski definition) is 1. The van der Waals surface area contributed by atoms with Crippen LogP contribution in [0.5, 0.6) is 0 Å². The molecule has 0 fully saturated rings. The first kappa shape index (κ1) is 30.4. The largest absolute Gasteiger partial charge is 0.354 e. The molecule has 0 aliphatic carbocycles. The molecule has 0 heterocycles. The zero-order valence-corrected chi connectivity index (χ0v) is 25.0. The number of amides is 2. The third-order valence-electron chi connectivity index (χ3n) is 6.37. The molecule has 1 atom stereocenters. The lowest BCUT2D eigenvalue weighted by molar-refractivity contribution is -0.140. The van der Waals surface area contributed by atoms with Crippen LogP contribution < -0.4 is 9.62 Å². The fourth-order valence-corrected chi connectivity index (χ4v) is 5.29. The van der Waals surface area contributed by atoms with E-state index in [1.807, 2.05) is 68.4 Å². The van der Waals surface area contributed by atoms with Crippen molar-refractivity contribution in [1.29, 1.82) is 0 Å². The number of unbranched alkanes of at least 4 members (excludes halogenated alkanes) is 1. The Balaban J connectivity index is 2.01. The molecule has 0 saturated heterocycles. The van der Waals surface area contributed by atoms with Crippen molar-refractivity contribution in [3.05, 3.63) is 100 Å². The summed E-state index contributed by atoms with van der Waals surface area (Å²) in [6.07, 6.45) is 3.12. The number of benzene rings is 3. The summed E-state index contributed by atoms with van der Waals surface area (Å²) in [5, 5.41) is 2.99. The van der Waals surface area contributed by atoms with Crippen molar-refractivity contribution in [3.63, 3.8) is 0 Å². The van der Waals surface area contributed by atoms with Gasteiger partial charge < -0.3 is 10.2 Å².